The van der Waals surface area contributed by atoms with E-state index in [1.54, 1.807) is 0 Å². The van der Waals surface area contributed by atoms with Crippen molar-refractivity contribution in [3.63, 3.8) is 0 Å². The van der Waals surface area contributed by atoms with Crippen LogP contribution in [0, 0.1) is 0 Å². The first kappa shape index (κ1) is 18.4. The Morgan fingerprint density at radius 3 is 2.89 bits per heavy atom. The molecule has 144 valence electrons. The highest BCUT2D eigenvalue weighted by Gasteiger charge is 2.22. The van der Waals surface area contributed by atoms with Crippen LogP contribution in [-0.2, 0) is 4.79 Å². The second kappa shape index (κ2) is 7.95. The maximum Gasteiger partial charge on any atom is 0.304 e. The van der Waals surface area contributed by atoms with E-state index in [1.165, 1.54) is 0 Å². The van der Waals surface area contributed by atoms with Crippen molar-refractivity contribution in [2.75, 3.05) is 13.2 Å². The number of benzene rings is 2. The van der Waals surface area contributed by atoms with Crippen LogP contribution in [0.3, 0.4) is 0 Å². The van der Waals surface area contributed by atoms with Crippen molar-refractivity contribution in [1.82, 2.24) is 13.7 Å². The summed E-state index contributed by atoms with van der Waals surface area (Å²) in [5, 5.41) is 10.5. The molecule has 0 saturated carbocycles. The van der Waals surface area contributed by atoms with Crippen molar-refractivity contribution in [3.8, 4) is 5.75 Å². The van der Waals surface area contributed by atoms with Crippen molar-refractivity contribution >= 4 is 39.6 Å². The molecule has 0 radical (unpaired) electrons. The molecule has 7 nitrogen and oxygen atoms in total. The van der Waals surface area contributed by atoms with Gasteiger partial charge in [0.15, 0.2) is 0 Å². The Morgan fingerprint density at radius 1 is 1.21 bits per heavy atom. The number of carboxylic acid groups (broad SMARTS) is 1. The maximum absolute atomic E-state index is 11.6. The number of ether oxygens (including phenoxy) is 1. The molecule has 0 saturated heterocycles. The molecule has 4 rings (SSSR count). The number of aromatic amines is 1. The van der Waals surface area contributed by atoms with Gasteiger partial charge in [0, 0.05) is 29.1 Å². The molecule has 28 heavy (non-hydrogen) atoms. The topological polar surface area (TPSA) is 114 Å². The fourth-order valence-electron chi connectivity index (χ4n) is 3.38. The van der Waals surface area contributed by atoms with E-state index < -0.39 is 5.97 Å². The van der Waals surface area contributed by atoms with Gasteiger partial charge in [0.25, 0.3) is 0 Å². The molecule has 0 fully saturated rings. The largest absolute Gasteiger partial charge is 0.493 e. The lowest BCUT2D eigenvalue weighted by atomic mass is 9.88. The molecule has 0 aliphatic heterocycles. The molecule has 4 aromatic rings. The molecule has 0 spiro atoms. The summed E-state index contributed by atoms with van der Waals surface area (Å²) < 4.78 is 14.2. The molecule has 4 N–H and O–H groups in total. The van der Waals surface area contributed by atoms with E-state index in [4.69, 9.17) is 10.5 Å². The summed E-state index contributed by atoms with van der Waals surface area (Å²) in [5.74, 6) is -0.377. The molecule has 0 bridgehead atoms. The minimum Gasteiger partial charge on any atom is -0.493 e. The Labute approximate surface area is 165 Å². The number of hydrogen-bond acceptors (Lipinski definition) is 6. The number of nitrogens with zero attached hydrogens (tertiary/aromatic N) is 2. The van der Waals surface area contributed by atoms with Crippen LogP contribution >= 0.6 is 11.7 Å². The Kier molecular flexibility index (Phi) is 5.23. The number of aliphatic carboxylic acids is 1. The summed E-state index contributed by atoms with van der Waals surface area (Å²) in [6.07, 6.45) is 2.67. The van der Waals surface area contributed by atoms with Gasteiger partial charge >= 0.3 is 5.97 Å². The van der Waals surface area contributed by atoms with E-state index in [9.17, 15) is 9.90 Å². The predicted octanol–water partition coefficient (Wildman–Crippen LogP) is 3.51. The van der Waals surface area contributed by atoms with Gasteiger partial charge < -0.3 is 20.6 Å². The number of nitrogens with one attached hydrogen (secondary N) is 1. The van der Waals surface area contributed by atoms with Gasteiger partial charge in [0.05, 0.1) is 24.8 Å². The summed E-state index contributed by atoms with van der Waals surface area (Å²) >= 11 is 1.15. The van der Waals surface area contributed by atoms with Gasteiger partial charge in [0.2, 0.25) is 0 Å². The molecule has 1 atom stereocenters. The van der Waals surface area contributed by atoms with E-state index in [2.05, 4.69) is 13.7 Å². The smallest absolute Gasteiger partial charge is 0.304 e. The van der Waals surface area contributed by atoms with E-state index in [0.717, 1.165) is 57.0 Å². The van der Waals surface area contributed by atoms with Gasteiger partial charge in [-0.25, -0.2) is 0 Å². The van der Waals surface area contributed by atoms with Gasteiger partial charge in [-0.2, -0.15) is 8.75 Å². The maximum atomic E-state index is 11.6. The third-order valence-corrected chi connectivity index (χ3v) is 5.29. The third kappa shape index (κ3) is 3.69. The second-order valence-corrected chi connectivity index (χ2v) is 7.13. The van der Waals surface area contributed by atoms with Crippen molar-refractivity contribution < 1.29 is 14.6 Å². The van der Waals surface area contributed by atoms with Crippen LogP contribution < -0.4 is 10.5 Å². The molecule has 2 heterocycles. The van der Waals surface area contributed by atoms with Crippen LogP contribution in [0.4, 0.5) is 0 Å². The van der Waals surface area contributed by atoms with Crippen molar-refractivity contribution in [3.05, 3.63) is 53.7 Å². The average molecular weight is 396 g/mol. The number of H-pyrrole nitrogens is 1. The van der Waals surface area contributed by atoms with Crippen molar-refractivity contribution in [2.24, 2.45) is 5.73 Å². The third-order valence-electron chi connectivity index (χ3n) is 4.74. The first-order valence-electron chi connectivity index (χ1n) is 9.03. The zero-order valence-corrected chi connectivity index (χ0v) is 15.9. The van der Waals surface area contributed by atoms with E-state index >= 15 is 0 Å². The molecule has 1 unspecified atom stereocenters. The highest BCUT2D eigenvalue weighted by molar-refractivity contribution is 7.00. The molecule has 0 aliphatic rings. The number of nitrogens with two attached hydrogens (primary N) is 1. The summed E-state index contributed by atoms with van der Waals surface area (Å²) in [6, 6.07) is 11.6. The average Bonchev–Trinajstić information content (AvgIpc) is 3.32. The van der Waals surface area contributed by atoms with Gasteiger partial charge in [-0.1, -0.05) is 6.07 Å². The normalized spacial score (nSPS) is 12.5. The molecule has 8 heteroatoms. The molecular weight excluding hydrogens is 376 g/mol. The monoisotopic (exact) mass is 396 g/mol. The minimum atomic E-state index is -0.849. The van der Waals surface area contributed by atoms with E-state index in [-0.39, 0.29) is 12.3 Å². The highest BCUT2D eigenvalue weighted by Crippen LogP contribution is 2.35. The van der Waals surface area contributed by atoms with Crippen molar-refractivity contribution in [2.45, 2.75) is 18.8 Å². The van der Waals surface area contributed by atoms with E-state index in [1.807, 2.05) is 42.6 Å². The standard InChI is InChI=1S/C20H20N4O3S/c21-6-1-7-27-13-3-4-14-16(11-22-18(14)9-13)15(10-20(25)26)12-2-5-17-19(8-12)24-28-23-17/h2-5,8-9,11,15,22H,1,6-7,10,21H2,(H,25,26). The highest BCUT2D eigenvalue weighted by atomic mass is 32.1. The molecule has 0 amide bonds. The number of fused-ring (bicyclic) bond motifs is 2. The van der Waals surface area contributed by atoms with Crippen LogP contribution in [0.25, 0.3) is 21.9 Å². The molecule has 0 aliphatic carbocycles. The first-order chi connectivity index (χ1) is 13.7. The fourth-order valence-corrected chi connectivity index (χ4v) is 3.89. The SMILES string of the molecule is NCCCOc1ccc2c(C(CC(=O)O)c3ccc4nsnc4c3)c[nH]c2c1. The first-order valence-corrected chi connectivity index (χ1v) is 9.76. The quantitative estimate of drug-likeness (QED) is 0.393. The zero-order chi connectivity index (χ0) is 19.5. The lowest BCUT2D eigenvalue weighted by Gasteiger charge is -2.15. The Bertz CT molecular complexity index is 1120. The Hall–Kier alpha value is -2.97. The van der Waals surface area contributed by atoms with E-state index in [0.29, 0.717) is 13.2 Å². The Morgan fingerprint density at radius 2 is 2.07 bits per heavy atom. The number of carbonyl (C=O) groups is 1. The summed E-state index contributed by atoms with van der Waals surface area (Å²) in [7, 11) is 0. The molecular formula is C20H20N4O3S. The minimum absolute atomic E-state index is 0.00915. The van der Waals surface area contributed by atoms with Crippen LogP contribution in [0.15, 0.2) is 42.6 Å². The van der Waals surface area contributed by atoms with Gasteiger partial charge in [-0.3, -0.25) is 4.79 Å². The number of rotatable bonds is 8. The molecule has 2 aromatic heterocycles. The van der Waals surface area contributed by atoms with Crippen molar-refractivity contribution in [1.29, 1.82) is 0 Å². The predicted molar refractivity (Wildman–Crippen MR) is 109 cm³/mol. The second-order valence-electron chi connectivity index (χ2n) is 6.60. The van der Waals surface area contributed by atoms with Gasteiger partial charge in [-0.15, -0.1) is 0 Å². The number of hydrogen-bond donors (Lipinski definition) is 3. The van der Waals surface area contributed by atoms with Crippen LogP contribution in [0.5, 0.6) is 5.75 Å². The van der Waals surface area contributed by atoms with Gasteiger partial charge in [0.1, 0.15) is 16.8 Å². The number of carboxylic acids is 1. The van der Waals surface area contributed by atoms with Crippen LogP contribution in [0.2, 0.25) is 0 Å². The fraction of sp³-hybridized carbons (Fsp3) is 0.250. The zero-order valence-electron chi connectivity index (χ0n) is 15.1. The lowest BCUT2D eigenvalue weighted by molar-refractivity contribution is -0.137. The summed E-state index contributed by atoms with van der Waals surface area (Å²) in [5.41, 5.74) is 9.86. The Balaban J connectivity index is 1.71. The number of aromatic nitrogens is 3. The lowest BCUT2D eigenvalue weighted by Crippen LogP contribution is -2.08. The summed E-state index contributed by atoms with van der Waals surface area (Å²) in [6.45, 7) is 1.16. The summed E-state index contributed by atoms with van der Waals surface area (Å²) in [4.78, 5) is 14.8. The molecule has 2 aromatic carbocycles. The van der Waals surface area contributed by atoms with Gasteiger partial charge in [-0.05, 0) is 48.4 Å². The van der Waals surface area contributed by atoms with Crippen LogP contribution in [0.1, 0.15) is 29.9 Å². The van der Waals surface area contributed by atoms with Crippen LogP contribution in [-0.4, -0.2) is 38.0 Å².